The molecule has 0 aliphatic carbocycles. The second-order valence-corrected chi connectivity index (χ2v) is 8.14. The normalized spacial score (nSPS) is 15.7. The van der Waals surface area contributed by atoms with Gasteiger partial charge in [0.05, 0.1) is 34.9 Å². The summed E-state index contributed by atoms with van der Waals surface area (Å²) < 4.78 is 1.54. The molecule has 9 nitrogen and oxygen atoms in total. The summed E-state index contributed by atoms with van der Waals surface area (Å²) in [5.74, 6) is -1.10. The van der Waals surface area contributed by atoms with Gasteiger partial charge in [-0.15, -0.1) is 0 Å². The number of benzene rings is 2. The zero-order valence-corrected chi connectivity index (χ0v) is 17.7. The predicted octanol–water partition coefficient (Wildman–Crippen LogP) is 2.13. The molecule has 3 amide bonds. The first-order chi connectivity index (χ1) is 15.3. The lowest BCUT2D eigenvalue weighted by atomic mass is 10.1. The highest BCUT2D eigenvalue weighted by Crippen LogP contribution is 2.20. The van der Waals surface area contributed by atoms with Crippen molar-refractivity contribution < 1.29 is 14.4 Å². The zero-order valence-electron chi connectivity index (χ0n) is 17.7. The van der Waals surface area contributed by atoms with Gasteiger partial charge in [0.25, 0.3) is 11.5 Å². The molecule has 0 saturated heterocycles. The monoisotopic (exact) mass is 433 g/mol. The lowest BCUT2D eigenvalue weighted by molar-refractivity contribution is -0.122. The molecule has 1 unspecified atom stereocenters. The largest absolute Gasteiger partial charge is 0.340 e. The maximum Gasteiger partial charge on any atom is 0.261 e. The van der Waals surface area contributed by atoms with Crippen molar-refractivity contribution in [3.05, 3.63) is 64.7 Å². The van der Waals surface area contributed by atoms with Gasteiger partial charge < -0.3 is 16.0 Å². The molecule has 9 heteroatoms. The number of aromatic nitrogens is 2. The van der Waals surface area contributed by atoms with Gasteiger partial charge >= 0.3 is 0 Å². The van der Waals surface area contributed by atoms with E-state index in [2.05, 4.69) is 20.9 Å². The summed E-state index contributed by atoms with van der Waals surface area (Å²) in [6.45, 7) is 4.56. The topological polar surface area (TPSA) is 122 Å². The fraction of sp³-hybridized carbons (Fsp3) is 0.261. The minimum absolute atomic E-state index is 0.187. The number of carbonyl (C=O) groups excluding carboxylic acids is 3. The Hall–Kier alpha value is -4.01. The molecule has 1 aliphatic heterocycles. The number of hydrogen-bond donors (Lipinski definition) is 3. The second kappa shape index (κ2) is 8.62. The molecule has 3 aromatic rings. The van der Waals surface area contributed by atoms with Crippen molar-refractivity contribution in [2.75, 3.05) is 10.6 Å². The molecule has 164 valence electrons. The molecule has 1 aromatic heterocycles. The van der Waals surface area contributed by atoms with Gasteiger partial charge in [-0.05, 0) is 36.2 Å². The quantitative estimate of drug-likeness (QED) is 0.569. The molecule has 3 N–H and O–H groups in total. The van der Waals surface area contributed by atoms with Crippen LogP contribution in [-0.2, 0) is 16.1 Å². The molecule has 4 rings (SSSR count). The Balaban J connectivity index is 1.50. The van der Waals surface area contributed by atoms with Crippen molar-refractivity contribution in [2.24, 2.45) is 5.92 Å². The van der Waals surface area contributed by atoms with E-state index in [4.69, 9.17) is 0 Å². The number of carbonyl (C=O) groups is 3. The molecular weight excluding hydrogens is 410 g/mol. The number of hydrogen-bond acceptors (Lipinski definition) is 5. The van der Waals surface area contributed by atoms with Gasteiger partial charge in [0, 0.05) is 12.2 Å². The van der Waals surface area contributed by atoms with Gasteiger partial charge in [-0.1, -0.05) is 26.0 Å². The number of anilines is 2. The van der Waals surface area contributed by atoms with Gasteiger partial charge in [0.15, 0.2) is 0 Å². The maximum atomic E-state index is 12.8. The van der Waals surface area contributed by atoms with Crippen LogP contribution in [0, 0.1) is 5.92 Å². The first-order valence-corrected chi connectivity index (χ1v) is 10.3. The molecule has 0 fully saturated rings. The molecule has 32 heavy (non-hydrogen) atoms. The third-order valence-corrected chi connectivity index (χ3v) is 5.11. The Labute approximate surface area is 183 Å². The van der Waals surface area contributed by atoms with E-state index in [0.29, 0.717) is 34.4 Å². The molecule has 0 saturated carbocycles. The number of fused-ring (bicyclic) bond motifs is 2. The van der Waals surface area contributed by atoms with Crippen LogP contribution in [0.15, 0.2) is 53.6 Å². The van der Waals surface area contributed by atoms with Crippen molar-refractivity contribution in [1.29, 1.82) is 0 Å². The van der Waals surface area contributed by atoms with E-state index in [-0.39, 0.29) is 17.9 Å². The highest BCUT2D eigenvalue weighted by molar-refractivity contribution is 6.11. The van der Waals surface area contributed by atoms with Crippen LogP contribution in [0.1, 0.15) is 30.6 Å². The Morgan fingerprint density at radius 1 is 1.16 bits per heavy atom. The smallest absolute Gasteiger partial charge is 0.261 e. The van der Waals surface area contributed by atoms with E-state index in [0.717, 1.165) is 0 Å². The molecule has 0 bridgehead atoms. The first kappa shape index (κ1) is 21.2. The lowest BCUT2D eigenvalue weighted by Gasteiger charge is -2.14. The van der Waals surface area contributed by atoms with Crippen molar-refractivity contribution in [2.45, 2.75) is 32.9 Å². The Morgan fingerprint density at radius 3 is 2.72 bits per heavy atom. The fourth-order valence-electron chi connectivity index (χ4n) is 3.61. The molecule has 2 heterocycles. The average molecular weight is 433 g/mol. The summed E-state index contributed by atoms with van der Waals surface area (Å²) in [6.07, 6.45) is 1.27. The van der Waals surface area contributed by atoms with E-state index in [1.807, 2.05) is 13.8 Å². The van der Waals surface area contributed by atoms with Crippen LogP contribution in [0.25, 0.3) is 10.9 Å². The minimum Gasteiger partial charge on any atom is -0.340 e. The summed E-state index contributed by atoms with van der Waals surface area (Å²) in [6, 6.07) is 10.5. The Kier molecular flexibility index (Phi) is 5.72. The minimum atomic E-state index is -1.03. The first-order valence-electron chi connectivity index (χ1n) is 10.3. The van der Waals surface area contributed by atoms with E-state index < -0.39 is 23.8 Å². The second-order valence-electron chi connectivity index (χ2n) is 8.14. The van der Waals surface area contributed by atoms with Crippen molar-refractivity contribution in [3.8, 4) is 0 Å². The van der Waals surface area contributed by atoms with Crippen molar-refractivity contribution in [1.82, 2.24) is 14.9 Å². The van der Waals surface area contributed by atoms with Crippen LogP contribution in [-0.4, -0.2) is 33.3 Å². The number of amides is 3. The highest BCUT2D eigenvalue weighted by Gasteiger charge is 2.29. The Morgan fingerprint density at radius 2 is 1.94 bits per heavy atom. The number of nitrogens with zero attached hydrogens (tertiary/aromatic N) is 2. The predicted molar refractivity (Wildman–Crippen MR) is 120 cm³/mol. The van der Waals surface area contributed by atoms with Crippen LogP contribution >= 0.6 is 0 Å². The van der Waals surface area contributed by atoms with Crippen molar-refractivity contribution in [3.63, 3.8) is 0 Å². The fourth-order valence-corrected chi connectivity index (χ4v) is 3.61. The summed E-state index contributed by atoms with van der Waals surface area (Å²) in [7, 11) is 0. The number of para-hydroxylation sites is 1. The molecule has 0 spiro atoms. The van der Waals surface area contributed by atoms with Gasteiger partial charge in [-0.3, -0.25) is 23.7 Å². The third kappa shape index (κ3) is 4.36. The standard InChI is InChI=1S/C23H23N5O4/c1-13(2)11-28-12-24-17-8-7-14(9-16(17)23(28)32)25-20(29)10-19-22(31)26-18-6-4-3-5-15(18)21(30)27-19/h3-9,12-13,19H,10-11H2,1-2H3,(H,25,29)(H,26,31)(H,27,30). The van der Waals surface area contributed by atoms with E-state index in [1.165, 1.54) is 6.33 Å². The van der Waals surface area contributed by atoms with Gasteiger partial charge in [0.1, 0.15) is 6.04 Å². The molecule has 1 aliphatic rings. The highest BCUT2D eigenvalue weighted by atomic mass is 16.2. The Bertz CT molecular complexity index is 1280. The van der Waals surface area contributed by atoms with E-state index in [1.54, 1.807) is 47.0 Å². The average Bonchev–Trinajstić information content (AvgIpc) is 2.86. The van der Waals surface area contributed by atoms with Crippen LogP contribution < -0.4 is 21.5 Å². The van der Waals surface area contributed by atoms with Gasteiger partial charge in [-0.2, -0.15) is 0 Å². The molecule has 2 aromatic carbocycles. The van der Waals surface area contributed by atoms with Crippen molar-refractivity contribution >= 4 is 40.0 Å². The number of rotatable bonds is 5. The summed E-state index contributed by atoms with van der Waals surface area (Å²) in [5.41, 5.74) is 1.49. The van der Waals surface area contributed by atoms with E-state index in [9.17, 15) is 19.2 Å². The van der Waals surface area contributed by atoms with Crippen LogP contribution in [0.3, 0.4) is 0 Å². The summed E-state index contributed by atoms with van der Waals surface area (Å²) >= 11 is 0. The summed E-state index contributed by atoms with van der Waals surface area (Å²) in [4.78, 5) is 54.6. The molecule has 0 radical (unpaired) electrons. The lowest BCUT2D eigenvalue weighted by Crippen LogP contribution is -2.43. The van der Waals surface area contributed by atoms with Crippen LogP contribution in [0.5, 0.6) is 0 Å². The molecule has 1 atom stereocenters. The van der Waals surface area contributed by atoms with Crippen LogP contribution in [0.4, 0.5) is 11.4 Å². The SMILES string of the molecule is CC(C)Cn1cnc2ccc(NC(=O)CC3NC(=O)c4ccccc4NC3=O)cc2c1=O. The number of nitrogens with one attached hydrogen (secondary N) is 3. The maximum absolute atomic E-state index is 12.8. The zero-order chi connectivity index (χ0) is 22.8. The third-order valence-electron chi connectivity index (χ3n) is 5.11. The molecular formula is C23H23N5O4. The van der Waals surface area contributed by atoms with Gasteiger partial charge in [-0.25, -0.2) is 4.98 Å². The van der Waals surface area contributed by atoms with Crippen LogP contribution in [0.2, 0.25) is 0 Å². The van der Waals surface area contributed by atoms with E-state index >= 15 is 0 Å². The summed E-state index contributed by atoms with van der Waals surface area (Å²) in [5, 5.41) is 8.35. The van der Waals surface area contributed by atoms with Gasteiger partial charge in [0.2, 0.25) is 11.8 Å².